The molecular formula is C19H20O4. The highest BCUT2D eigenvalue weighted by Gasteiger charge is 2.14. The molecule has 0 aliphatic rings. The summed E-state index contributed by atoms with van der Waals surface area (Å²) in [6.07, 6.45) is 2.69. The number of fused-ring (bicyclic) bond motifs is 1. The number of esters is 2. The Labute approximate surface area is 135 Å². The summed E-state index contributed by atoms with van der Waals surface area (Å²) in [6, 6.07) is 11.4. The van der Waals surface area contributed by atoms with Crippen LogP contribution in [0.4, 0.5) is 0 Å². The van der Waals surface area contributed by atoms with E-state index < -0.39 is 11.9 Å². The van der Waals surface area contributed by atoms with E-state index in [9.17, 15) is 9.59 Å². The van der Waals surface area contributed by atoms with Crippen molar-refractivity contribution in [1.29, 1.82) is 0 Å². The molecule has 0 fully saturated rings. The van der Waals surface area contributed by atoms with Crippen LogP contribution in [-0.4, -0.2) is 24.6 Å². The van der Waals surface area contributed by atoms with Gasteiger partial charge in [0, 0.05) is 6.08 Å². The van der Waals surface area contributed by atoms with Gasteiger partial charge in [0.2, 0.25) is 0 Å². The molecule has 0 atom stereocenters. The van der Waals surface area contributed by atoms with Gasteiger partial charge in [-0.15, -0.1) is 0 Å². The summed E-state index contributed by atoms with van der Waals surface area (Å²) in [6.45, 7) is 5.65. The number of ether oxygens (including phenoxy) is 2. The monoisotopic (exact) mass is 312 g/mol. The average Bonchev–Trinajstić information content (AvgIpc) is 2.51. The van der Waals surface area contributed by atoms with Crippen molar-refractivity contribution in [1.82, 2.24) is 0 Å². The summed E-state index contributed by atoms with van der Waals surface area (Å²) in [5, 5.41) is 1.92. The highest BCUT2D eigenvalue weighted by molar-refractivity contribution is 6.01. The summed E-state index contributed by atoms with van der Waals surface area (Å²) in [7, 11) is 0. The lowest BCUT2D eigenvalue weighted by Crippen LogP contribution is -2.13. The Morgan fingerprint density at radius 1 is 1.13 bits per heavy atom. The van der Waals surface area contributed by atoms with Crippen LogP contribution in [0.2, 0.25) is 0 Å². The van der Waals surface area contributed by atoms with E-state index in [2.05, 4.69) is 0 Å². The van der Waals surface area contributed by atoms with Crippen molar-refractivity contribution in [3.8, 4) is 0 Å². The largest absolute Gasteiger partial charge is 0.463 e. The van der Waals surface area contributed by atoms with Gasteiger partial charge in [-0.05, 0) is 55.3 Å². The Hall–Kier alpha value is -2.62. The fraction of sp³-hybridized carbons (Fsp3) is 0.263. The second kappa shape index (κ2) is 7.58. The van der Waals surface area contributed by atoms with Crippen molar-refractivity contribution in [2.45, 2.75) is 26.9 Å². The molecule has 0 amide bonds. The first kappa shape index (κ1) is 16.7. The van der Waals surface area contributed by atoms with E-state index in [1.807, 2.05) is 30.3 Å². The number of rotatable bonds is 5. The molecule has 0 radical (unpaired) electrons. The number of hydrogen-bond acceptors (Lipinski definition) is 4. The van der Waals surface area contributed by atoms with Gasteiger partial charge >= 0.3 is 11.9 Å². The van der Waals surface area contributed by atoms with Crippen molar-refractivity contribution < 1.29 is 19.1 Å². The minimum absolute atomic E-state index is 0.212. The van der Waals surface area contributed by atoms with Crippen LogP contribution in [0.25, 0.3) is 16.8 Å². The molecule has 0 aromatic heterocycles. The van der Waals surface area contributed by atoms with Gasteiger partial charge in [-0.2, -0.15) is 0 Å². The first-order chi connectivity index (χ1) is 11.0. The molecular weight excluding hydrogens is 292 g/mol. The molecule has 0 aliphatic carbocycles. The molecule has 0 saturated heterocycles. The molecule has 0 N–H and O–H groups in total. The maximum absolute atomic E-state index is 12.3. The molecule has 0 heterocycles. The van der Waals surface area contributed by atoms with Gasteiger partial charge in [0.05, 0.1) is 18.3 Å². The molecule has 0 aliphatic heterocycles. The third-order valence-electron chi connectivity index (χ3n) is 3.17. The Balaban J connectivity index is 2.46. The van der Waals surface area contributed by atoms with E-state index in [1.54, 1.807) is 32.9 Å². The zero-order valence-corrected chi connectivity index (χ0v) is 13.5. The predicted molar refractivity (Wildman–Crippen MR) is 90.2 cm³/mol. The van der Waals surface area contributed by atoms with Gasteiger partial charge < -0.3 is 9.47 Å². The van der Waals surface area contributed by atoms with E-state index in [-0.39, 0.29) is 6.10 Å². The Morgan fingerprint density at radius 3 is 2.39 bits per heavy atom. The van der Waals surface area contributed by atoms with E-state index >= 15 is 0 Å². The summed E-state index contributed by atoms with van der Waals surface area (Å²) < 4.78 is 10.2. The summed E-state index contributed by atoms with van der Waals surface area (Å²) >= 11 is 0. The van der Waals surface area contributed by atoms with Crippen LogP contribution in [0, 0.1) is 0 Å². The normalized spacial score (nSPS) is 11.1. The van der Waals surface area contributed by atoms with Crippen molar-refractivity contribution in [3.63, 3.8) is 0 Å². The number of hydrogen-bond donors (Lipinski definition) is 0. The van der Waals surface area contributed by atoms with Crippen molar-refractivity contribution in [2.24, 2.45) is 0 Å². The van der Waals surface area contributed by atoms with Crippen LogP contribution in [0.5, 0.6) is 0 Å². The minimum Gasteiger partial charge on any atom is -0.463 e. The quantitative estimate of drug-likeness (QED) is 0.619. The van der Waals surface area contributed by atoms with Gasteiger partial charge in [-0.25, -0.2) is 9.59 Å². The van der Waals surface area contributed by atoms with E-state index in [1.165, 1.54) is 6.08 Å². The minimum atomic E-state index is -0.441. The van der Waals surface area contributed by atoms with Crippen LogP contribution in [-0.2, 0) is 14.3 Å². The van der Waals surface area contributed by atoms with Gasteiger partial charge in [0.25, 0.3) is 0 Å². The molecule has 0 saturated carbocycles. The Bertz CT molecular complexity index is 744. The Morgan fingerprint density at radius 2 is 1.78 bits per heavy atom. The smallest absolute Gasteiger partial charge is 0.339 e. The molecule has 0 bridgehead atoms. The zero-order valence-electron chi connectivity index (χ0n) is 13.5. The average molecular weight is 312 g/mol. The molecule has 4 heteroatoms. The van der Waals surface area contributed by atoms with Gasteiger partial charge in [0.1, 0.15) is 0 Å². The first-order valence-electron chi connectivity index (χ1n) is 7.60. The highest BCUT2D eigenvalue weighted by Crippen LogP contribution is 2.22. The van der Waals surface area contributed by atoms with Gasteiger partial charge in [-0.3, -0.25) is 0 Å². The van der Waals surface area contributed by atoms with Crippen molar-refractivity contribution in [2.75, 3.05) is 6.61 Å². The molecule has 0 unspecified atom stereocenters. The van der Waals surface area contributed by atoms with Crippen molar-refractivity contribution in [3.05, 3.63) is 53.6 Å². The number of carbonyl (C=O) groups is 2. The van der Waals surface area contributed by atoms with E-state index in [4.69, 9.17) is 9.47 Å². The number of carbonyl (C=O) groups excluding carboxylic acids is 2. The first-order valence-corrected chi connectivity index (χ1v) is 7.60. The molecule has 2 aromatic carbocycles. The lowest BCUT2D eigenvalue weighted by Gasteiger charge is -2.11. The molecule has 23 heavy (non-hydrogen) atoms. The molecule has 120 valence electrons. The maximum Gasteiger partial charge on any atom is 0.339 e. The predicted octanol–water partition coefficient (Wildman–Crippen LogP) is 3.98. The summed E-state index contributed by atoms with van der Waals surface area (Å²) in [5.74, 6) is -0.849. The fourth-order valence-corrected chi connectivity index (χ4v) is 2.20. The van der Waals surface area contributed by atoms with Gasteiger partial charge in [-0.1, -0.05) is 24.3 Å². The topological polar surface area (TPSA) is 52.6 Å². The highest BCUT2D eigenvalue weighted by atomic mass is 16.5. The van der Waals surface area contributed by atoms with E-state index in [0.29, 0.717) is 17.7 Å². The second-order valence-electron chi connectivity index (χ2n) is 5.33. The molecule has 2 aromatic rings. The summed E-state index contributed by atoms with van der Waals surface area (Å²) in [5.41, 5.74) is 1.06. The molecule has 2 rings (SSSR count). The second-order valence-corrected chi connectivity index (χ2v) is 5.33. The van der Waals surface area contributed by atoms with Crippen LogP contribution < -0.4 is 0 Å². The van der Waals surface area contributed by atoms with E-state index in [0.717, 1.165) is 10.8 Å². The maximum atomic E-state index is 12.3. The third-order valence-corrected chi connectivity index (χ3v) is 3.17. The van der Waals surface area contributed by atoms with Crippen molar-refractivity contribution >= 4 is 28.8 Å². The van der Waals surface area contributed by atoms with Crippen LogP contribution >= 0.6 is 0 Å². The lowest BCUT2D eigenvalue weighted by atomic mass is 10.0. The SMILES string of the molecule is CCOC(=O)/C=C/c1cc2ccccc2cc1C(=O)OC(C)C. The van der Waals surface area contributed by atoms with Crippen LogP contribution in [0.1, 0.15) is 36.7 Å². The number of benzene rings is 2. The third kappa shape index (κ3) is 4.42. The Kier molecular flexibility index (Phi) is 5.52. The standard InChI is InChI=1S/C19H20O4/c1-4-22-18(20)10-9-16-11-14-7-5-6-8-15(14)12-17(16)19(21)23-13(2)3/h5-13H,4H2,1-3H3/b10-9+. The van der Waals surface area contributed by atoms with Gasteiger partial charge in [0.15, 0.2) is 0 Å². The van der Waals surface area contributed by atoms with Crippen LogP contribution in [0.3, 0.4) is 0 Å². The molecule has 4 nitrogen and oxygen atoms in total. The molecule has 0 spiro atoms. The summed E-state index contributed by atoms with van der Waals surface area (Å²) in [4.78, 5) is 23.8. The van der Waals surface area contributed by atoms with Crippen LogP contribution in [0.15, 0.2) is 42.5 Å². The zero-order chi connectivity index (χ0) is 16.8. The lowest BCUT2D eigenvalue weighted by molar-refractivity contribution is -0.137. The fourth-order valence-electron chi connectivity index (χ4n) is 2.20.